The van der Waals surface area contributed by atoms with Crippen molar-refractivity contribution in [1.82, 2.24) is 15.2 Å². The van der Waals surface area contributed by atoms with Gasteiger partial charge >= 0.3 is 0 Å². The Balaban J connectivity index is 2.18. The Morgan fingerprint density at radius 1 is 1.06 bits per heavy atom. The molecule has 0 amide bonds. The quantitative estimate of drug-likeness (QED) is 0.757. The molecule has 4 heteroatoms. The maximum Gasteiger partial charge on any atom is 0.0811 e. The third-order valence-corrected chi connectivity index (χ3v) is 2.95. The zero-order chi connectivity index (χ0) is 12.4. The molecule has 0 spiro atoms. The lowest BCUT2D eigenvalue weighted by Crippen LogP contribution is -1.87. The Bertz CT molecular complexity index is 662. The van der Waals surface area contributed by atoms with Gasteiger partial charge in [0.1, 0.15) is 0 Å². The van der Waals surface area contributed by atoms with Gasteiger partial charge in [-0.15, -0.1) is 0 Å². The Hall–Kier alpha value is -2.13. The third kappa shape index (κ3) is 2.00. The highest BCUT2D eigenvalue weighted by atomic mass is 35.5. The monoisotopic (exact) mass is 255 g/mol. The summed E-state index contributed by atoms with van der Waals surface area (Å²) in [6, 6.07) is 11.7. The summed E-state index contributed by atoms with van der Waals surface area (Å²) in [4.78, 5) is 4.42. The van der Waals surface area contributed by atoms with Gasteiger partial charge in [-0.25, -0.2) is 0 Å². The van der Waals surface area contributed by atoms with Gasteiger partial charge in [0, 0.05) is 28.5 Å². The van der Waals surface area contributed by atoms with Crippen LogP contribution in [0.4, 0.5) is 0 Å². The van der Waals surface area contributed by atoms with E-state index in [0.717, 1.165) is 27.4 Å². The summed E-state index contributed by atoms with van der Waals surface area (Å²) in [6.45, 7) is 0. The summed E-state index contributed by atoms with van der Waals surface area (Å²) in [5.74, 6) is 0. The van der Waals surface area contributed by atoms with Gasteiger partial charge < -0.3 is 0 Å². The van der Waals surface area contributed by atoms with E-state index in [4.69, 9.17) is 11.6 Å². The number of rotatable bonds is 2. The van der Waals surface area contributed by atoms with Crippen molar-refractivity contribution >= 4 is 11.6 Å². The van der Waals surface area contributed by atoms with Crippen LogP contribution in [0, 0.1) is 0 Å². The lowest BCUT2D eigenvalue weighted by atomic mass is 10.0. The predicted octanol–water partition coefficient (Wildman–Crippen LogP) is 3.79. The second-order valence-electron chi connectivity index (χ2n) is 3.90. The SMILES string of the molecule is Clc1cccc(-c2cccnc2-c2cn[nH]c2)c1. The average molecular weight is 256 g/mol. The smallest absolute Gasteiger partial charge is 0.0811 e. The van der Waals surface area contributed by atoms with E-state index in [2.05, 4.69) is 15.2 Å². The molecule has 0 aliphatic carbocycles. The number of aromatic amines is 1. The first-order valence-electron chi connectivity index (χ1n) is 5.55. The van der Waals surface area contributed by atoms with Crippen LogP contribution in [-0.2, 0) is 0 Å². The first-order chi connectivity index (χ1) is 8.84. The first-order valence-corrected chi connectivity index (χ1v) is 5.92. The van der Waals surface area contributed by atoms with Gasteiger partial charge in [0.25, 0.3) is 0 Å². The Morgan fingerprint density at radius 2 is 2.00 bits per heavy atom. The average Bonchev–Trinajstić information content (AvgIpc) is 2.92. The predicted molar refractivity (Wildman–Crippen MR) is 72.3 cm³/mol. The molecule has 3 rings (SSSR count). The van der Waals surface area contributed by atoms with E-state index in [1.807, 2.05) is 42.6 Å². The van der Waals surface area contributed by atoms with Crippen LogP contribution in [0.25, 0.3) is 22.4 Å². The Morgan fingerprint density at radius 3 is 2.78 bits per heavy atom. The molecule has 0 aliphatic heterocycles. The minimum atomic E-state index is 0.717. The number of nitrogens with zero attached hydrogens (tertiary/aromatic N) is 2. The molecule has 0 saturated carbocycles. The van der Waals surface area contributed by atoms with Crippen molar-refractivity contribution in [2.75, 3.05) is 0 Å². The zero-order valence-electron chi connectivity index (χ0n) is 9.47. The Kier molecular flexibility index (Phi) is 2.82. The van der Waals surface area contributed by atoms with Crippen LogP contribution < -0.4 is 0 Å². The lowest BCUT2D eigenvalue weighted by molar-refractivity contribution is 1.09. The molecule has 0 radical (unpaired) electrons. The molecule has 2 heterocycles. The van der Waals surface area contributed by atoms with Crippen LogP contribution in [0.1, 0.15) is 0 Å². The number of H-pyrrole nitrogens is 1. The second kappa shape index (κ2) is 4.63. The molecule has 2 aromatic heterocycles. The van der Waals surface area contributed by atoms with Crippen LogP contribution in [0.5, 0.6) is 0 Å². The molecule has 3 nitrogen and oxygen atoms in total. The summed E-state index contributed by atoms with van der Waals surface area (Å²) >= 11 is 6.03. The van der Waals surface area contributed by atoms with Gasteiger partial charge in [0.2, 0.25) is 0 Å². The number of aromatic nitrogens is 3. The number of hydrogen-bond donors (Lipinski definition) is 1. The minimum Gasteiger partial charge on any atom is -0.285 e. The second-order valence-corrected chi connectivity index (χ2v) is 4.33. The van der Waals surface area contributed by atoms with Gasteiger partial charge in [-0.2, -0.15) is 5.10 Å². The molecule has 0 fully saturated rings. The normalized spacial score (nSPS) is 10.5. The van der Waals surface area contributed by atoms with E-state index in [-0.39, 0.29) is 0 Å². The molecule has 0 atom stereocenters. The maximum absolute atomic E-state index is 6.03. The van der Waals surface area contributed by atoms with E-state index < -0.39 is 0 Å². The standard InChI is InChI=1S/C14H10ClN3/c15-12-4-1-3-10(7-12)13-5-2-6-16-14(13)11-8-17-18-9-11/h1-9H,(H,17,18). The van der Waals surface area contributed by atoms with Gasteiger partial charge in [0.05, 0.1) is 11.9 Å². The first kappa shape index (κ1) is 11.0. The van der Waals surface area contributed by atoms with Gasteiger partial charge in [-0.05, 0) is 23.8 Å². The molecule has 18 heavy (non-hydrogen) atoms. The molecular formula is C14H10ClN3. The largest absolute Gasteiger partial charge is 0.285 e. The van der Waals surface area contributed by atoms with E-state index in [1.54, 1.807) is 12.4 Å². The van der Waals surface area contributed by atoms with Gasteiger partial charge in [0.15, 0.2) is 0 Å². The molecule has 1 aromatic carbocycles. The number of hydrogen-bond acceptors (Lipinski definition) is 2. The van der Waals surface area contributed by atoms with E-state index in [0.29, 0.717) is 0 Å². The van der Waals surface area contributed by atoms with E-state index in [1.165, 1.54) is 0 Å². The fourth-order valence-electron chi connectivity index (χ4n) is 1.90. The van der Waals surface area contributed by atoms with Crippen LogP contribution in [0.2, 0.25) is 5.02 Å². The molecular weight excluding hydrogens is 246 g/mol. The van der Waals surface area contributed by atoms with E-state index >= 15 is 0 Å². The molecule has 3 aromatic rings. The maximum atomic E-state index is 6.03. The fourth-order valence-corrected chi connectivity index (χ4v) is 2.09. The third-order valence-electron chi connectivity index (χ3n) is 2.71. The number of pyridine rings is 1. The topological polar surface area (TPSA) is 41.6 Å². The number of nitrogens with one attached hydrogen (secondary N) is 1. The van der Waals surface area contributed by atoms with Crippen molar-refractivity contribution in [1.29, 1.82) is 0 Å². The summed E-state index contributed by atoms with van der Waals surface area (Å²) in [5.41, 5.74) is 3.95. The van der Waals surface area contributed by atoms with Crippen molar-refractivity contribution in [3.05, 3.63) is 60.0 Å². The van der Waals surface area contributed by atoms with Crippen molar-refractivity contribution in [2.24, 2.45) is 0 Å². The van der Waals surface area contributed by atoms with Crippen molar-refractivity contribution in [3.8, 4) is 22.4 Å². The molecule has 0 aliphatic rings. The van der Waals surface area contributed by atoms with E-state index in [9.17, 15) is 0 Å². The molecule has 0 bridgehead atoms. The summed E-state index contributed by atoms with van der Waals surface area (Å²) < 4.78 is 0. The van der Waals surface area contributed by atoms with Crippen molar-refractivity contribution < 1.29 is 0 Å². The molecule has 0 saturated heterocycles. The lowest BCUT2D eigenvalue weighted by Gasteiger charge is -2.07. The van der Waals surface area contributed by atoms with Crippen LogP contribution in [-0.4, -0.2) is 15.2 Å². The number of benzene rings is 1. The minimum absolute atomic E-state index is 0.717. The van der Waals surface area contributed by atoms with Crippen LogP contribution in [0.15, 0.2) is 55.0 Å². The highest BCUT2D eigenvalue weighted by Crippen LogP contribution is 2.30. The Labute approximate surface area is 109 Å². The van der Waals surface area contributed by atoms with Crippen LogP contribution in [0.3, 0.4) is 0 Å². The van der Waals surface area contributed by atoms with Crippen molar-refractivity contribution in [3.63, 3.8) is 0 Å². The number of halogens is 1. The van der Waals surface area contributed by atoms with Crippen molar-refractivity contribution in [2.45, 2.75) is 0 Å². The summed E-state index contributed by atoms with van der Waals surface area (Å²) in [7, 11) is 0. The molecule has 1 N–H and O–H groups in total. The molecule has 88 valence electrons. The highest BCUT2D eigenvalue weighted by Gasteiger charge is 2.09. The van der Waals surface area contributed by atoms with Crippen LogP contribution >= 0.6 is 11.6 Å². The summed E-state index contributed by atoms with van der Waals surface area (Å²) in [6.07, 6.45) is 5.36. The van der Waals surface area contributed by atoms with Gasteiger partial charge in [-0.3, -0.25) is 10.1 Å². The van der Waals surface area contributed by atoms with Gasteiger partial charge in [-0.1, -0.05) is 29.8 Å². The fraction of sp³-hybridized carbons (Fsp3) is 0. The zero-order valence-corrected chi connectivity index (χ0v) is 10.2. The summed E-state index contributed by atoms with van der Waals surface area (Å²) in [5, 5.41) is 7.48. The highest BCUT2D eigenvalue weighted by molar-refractivity contribution is 6.30. The molecule has 0 unspecified atom stereocenters.